The number of carbonyl (C=O) groups excluding carboxylic acids is 1. The number of unbranched alkanes of at least 4 members (excludes halogenated alkanes) is 32. The second-order valence-corrected chi connectivity index (χ2v) is 24.6. The third-order valence-corrected chi connectivity index (χ3v) is 17.2. The zero-order valence-electron chi connectivity index (χ0n) is 53.0. The first-order chi connectivity index (χ1) is 41.8. The molecule has 0 saturated carbocycles. The van der Waals surface area contributed by atoms with Crippen molar-refractivity contribution in [3.8, 4) is 0 Å². The Morgan fingerprint density at radius 1 is 0.419 bits per heavy atom. The molecule has 0 spiro atoms. The van der Waals surface area contributed by atoms with Crippen molar-refractivity contribution < 1.29 is 89.4 Å². The van der Waals surface area contributed by atoms with Gasteiger partial charge < -0.3 is 89.9 Å². The van der Waals surface area contributed by atoms with E-state index in [-0.39, 0.29) is 18.9 Å². The Morgan fingerprint density at radius 2 is 0.779 bits per heavy atom. The number of ether oxygens (including phenoxy) is 6. The van der Waals surface area contributed by atoms with Gasteiger partial charge in [-0.25, -0.2) is 0 Å². The van der Waals surface area contributed by atoms with Crippen LogP contribution in [0.4, 0.5) is 0 Å². The van der Waals surface area contributed by atoms with Gasteiger partial charge in [0.25, 0.3) is 0 Å². The van der Waals surface area contributed by atoms with Crippen molar-refractivity contribution >= 4 is 5.91 Å². The van der Waals surface area contributed by atoms with Gasteiger partial charge in [0.2, 0.25) is 5.91 Å². The molecule has 0 aromatic carbocycles. The first-order valence-electron chi connectivity index (χ1n) is 34.2. The molecule has 0 bridgehead atoms. The summed E-state index contributed by atoms with van der Waals surface area (Å²) in [5.74, 6) is -0.289. The number of aliphatic hydroxyl groups excluding tert-OH is 11. The summed E-state index contributed by atoms with van der Waals surface area (Å²) in [4.78, 5) is 13.3. The molecule has 1 amide bonds. The molecular formula is C67H123NO18. The molecule has 3 heterocycles. The number of rotatable bonds is 52. The lowest BCUT2D eigenvalue weighted by molar-refractivity contribution is -0.379. The largest absolute Gasteiger partial charge is 0.394 e. The molecule has 19 heteroatoms. The molecule has 504 valence electrons. The van der Waals surface area contributed by atoms with Crippen LogP contribution in [0.1, 0.15) is 251 Å². The van der Waals surface area contributed by atoms with Gasteiger partial charge in [-0.2, -0.15) is 0 Å². The highest BCUT2D eigenvalue weighted by atomic mass is 16.8. The highest BCUT2D eigenvalue weighted by Crippen LogP contribution is 2.33. The van der Waals surface area contributed by atoms with Crippen molar-refractivity contribution in [3.63, 3.8) is 0 Å². The monoisotopic (exact) mass is 1230 g/mol. The van der Waals surface area contributed by atoms with E-state index < -0.39 is 124 Å². The van der Waals surface area contributed by atoms with E-state index in [1.165, 1.54) is 154 Å². The zero-order valence-corrected chi connectivity index (χ0v) is 53.0. The normalized spacial score (nSPS) is 29.0. The smallest absolute Gasteiger partial charge is 0.220 e. The highest BCUT2D eigenvalue weighted by molar-refractivity contribution is 5.76. The molecular weight excluding hydrogens is 1110 g/mol. The average Bonchev–Trinajstić information content (AvgIpc) is 3.43. The number of hydrogen-bond donors (Lipinski definition) is 12. The van der Waals surface area contributed by atoms with Crippen molar-refractivity contribution in [2.75, 3.05) is 26.4 Å². The summed E-state index contributed by atoms with van der Waals surface area (Å²) in [6.45, 7) is 1.69. The SMILES string of the molecule is CCCC/C=C\C/C=C\CCCCCCCC(=O)NC(COC1OC(CO)C(OC2OC(CO)C(OC3OC(CO)C(O)C(O)C3O)C(O)C2O)C(O)C1O)C(O)/C=C/CCCCCCCCCCCCCCCCCCCCCCCCCCC. The first kappa shape index (κ1) is 78.3. The van der Waals surface area contributed by atoms with Crippen LogP contribution < -0.4 is 5.32 Å². The van der Waals surface area contributed by atoms with Gasteiger partial charge in [-0.3, -0.25) is 4.79 Å². The Morgan fingerprint density at radius 3 is 1.22 bits per heavy atom. The van der Waals surface area contributed by atoms with Gasteiger partial charge >= 0.3 is 0 Å². The van der Waals surface area contributed by atoms with E-state index in [9.17, 15) is 61.0 Å². The molecule has 12 N–H and O–H groups in total. The molecule has 19 nitrogen and oxygen atoms in total. The van der Waals surface area contributed by atoms with Gasteiger partial charge in [0.05, 0.1) is 38.6 Å². The quantitative estimate of drug-likeness (QED) is 0.0201. The Kier molecular flexibility index (Phi) is 45.2. The number of amides is 1. The minimum atomic E-state index is -1.98. The van der Waals surface area contributed by atoms with E-state index in [2.05, 4.69) is 43.5 Å². The second-order valence-electron chi connectivity index (χ2n) is 24.6. The van der Waals surface area contributed by atoms with Crippen molar-refractivity contribution in [1.82, 2.24) is 5.32 Å². The van der Waals surface area contributed by atoms with Crippen LogP contribution in [0.25, 0.3) is 0 Å². The molecule has 0 aromatic heterocycles. The van der Waals surface area contributed by atoms with E-state index >= 15 is 0 Å². The molecule has 86 heavy (non-hydrogen) atoms. The Hall–Kier alpha value is -1.99. The molecule has 0 radical (unpaired) electrons. The molecule has 3 aliphatic rings. The van der Waals surface area contributed by atoms with Crippen LogP contribution in [0.2, 0.25) is 0 Å². The number of nitrogens with one attached hydrogen (secondary N) is 1. The maximum absolute atomic E-state index is 13.3. The predicted octanol–water partition coefficient (Wildman–Crippen LogP) is 8.44. The first-order valence-corrected chi connectivity index (χ1v) is 34.2. The summed E-state index contributed by atoms with van der Waals surface area (Å²) in [6.07, 6.45) is 29.9. The van der Waals surface area contributed by atoms with Crippen LogP contribution in [-0.4, -0.2) is 193 Å². The number of carbonyl (C=O) groups is 1. The summed E-state index contributed by atoms with van der Waals surface area (Å²) in [5.41, 5.74) is 0. The van der Waals surface area contributed by atoms with Crippen molar-refractivity contribution in [2.24, 2.45) is 0 Å². The molecule has 0 aliphatic carbocycles. The fourth-order valence-corrected chi connectivity index (χ4v) is 11.6. The highest BCUT2D eigenvalue weighted by Gasteiger charge is 2.53. The zero-order chi connectivity index (χ0) is 62.6. The Labute approximate surface area is 517 Å². The van der Waals surface area contributed by atoms with Crippen LogP contribution in [-0.2, 0) is 33.2 Å². The number of allylic oxidation sites excluding steroid dienone is 5. The van der Waals surface area contributed by atoms with Gasteiger partial charge in [0.1, 0.15) is 73.2 Å². The van der Waals surface area contributed by atoms with E-state index in [0.717, 1.165) is 70.6 Å². The third kappa shape index (κ3) is 31.8. The second kappa shape index (κ2) is 49.7. The van der Waals surface area contributed by atoms with Gasteiger partial charge in [-0.1, -0.05) is 237 Å². The van der Waals surface area contributed by atoms with E-state index in [1.54, 1.807) is 6.08 Å². The molecule has 0 aromatic rings. The summed E-state index contributed by atoms with van der Waals surface area (Å²) in [5, 5.41) is 120. The molecule has 3 fully saturated rings. The summed E-state index contributed by atoms with van der Waals surface area (Å²) in [7, 11) is 0. The molecule has 17 atom stereocenters. The van der Waals surface area contributed by atoms with Gasteiger partial charge in [0.15, 0.2) is 18.9 Å². The fourth-order valence-electron chi connectivity index (χ4n) is 11.6. The maximum Gasteiger partial charge on any atom is 0.220 e. The average molecular weight is 1230 g/mol. The van der Waals surface area contributed by atoms with Gasteiger partial charge in [-0.05, 0) is 44.9 Å². The van der Waals surface area contributed by atoms with Crippen LogP contribution >= 0.6 is 0 Å². The van der Waals surface area contributed by atoms with Crippen LogP contribution in [0, 0.1) is 0 Å². The van der Waals surface area contributed by atoms with E-state index in [1.807, 2.05) is 6.08 Å². The molecule has 3 saturated heterocycles. The minimum Gasteiger partial charge on any atom is -0.394 e. The van der Waals surface area contributed by atoms with E-state index in [4.69, 9.17) is 28.4 Å². The topological polar surface area (TPSA) is 307 Å². The van der Waals surface area contributed by atoms with Crippen molar-refractivity contribution in [1.29, 1.82) is 0 Å². The number of hydrogen-bond acceptors (Lipinski definition) is 18. The summed E-state index contributed by atoms with van der Waals surface area (Å²) >= 11 is 0. The van der Waals surface area contributed by atoms with E-state index in [0.29, 0.717) is 6.42 Å². The fraction of sp³-hybridized carbons (Fsp3) is 0.896. The maximum atomic E-state index is 13.3. The third-order valence-electron chi connectivity index (χ3n) is 17.2. The van der Waals surface area contributed by atoms with Crippen LogP contribution in [0.5, 0.6) is 0 Å². The lowest BCUT2D eigenvalue weighted by atomic mass is 9.96. The van der Waals surface area contributed by atoms with Crippen LogP contribution in [0.3, 0.4) is 0 Å². The minimum absolute atomic E-state index is 0.227. The lowest BCUT2D eigenvalue weighted by Gasteiger charge is -2.48. The summed E-state index contributed by atoms with van der Waals surface area (Å²) < 4.78 is 34.3. The van der Waals surface area contributed by atoms with Crippen LogP contribution in [0.15, 0.2) is 36.5 Å². The van der Waals surface area contributed by atoms with Gasteiger partial charge in [0, 0.05) is 6.42 Å². The lowest BCUT2D eigenvalue weighted by Crippen LogP contribution is -2.66. The standard InChI is InChI=1S/C67H123NO18/c1-3-5-7-9-11-13-15-17-19-20-21-22-23-24-25-26-27-28-29-30-31-32-34-36-38-40-42-44-51(72)50(68-55(73)45-43-41-39-37-35-33-18-16-14-12-10-8-6-4-2)49-81-65-61(79)58(76)63(53(47-70)83-65)86-67-62(80)59(77)64(54(48-71)84-67)85-66-60(78)57(75)56(74)52(46-69)82-66/h10,12,16,18,42,44,50-54,56-67,69-72,74-80H,3-9,11,13-15,17,19-41,43,45-49H2,1-2H3,(H,68,73)/b12-10-,18-16-,44-42+. The van der Waals surface area contributed by atoms with Gasteiger partial charge in [-0.15, -0.1) is 0 Å². The Bertz CT molecular complexity index is 1710. The molecule has 17 unspecified atom stereocenters. The molecule has 3 aliphatic heterocycles. The van der Waals surface area contributed by atoms with Crippen molar-refractivity contribution in [2.45, 2.75) is 356 Å². The summed E-state index contributed by atoms with van der Waals surface area (Å²) in [6, 6.07) is -0.980. The number of aliphatic hydroxyl groups is 11. The Balaban J connectivity index is 1.43. The predicted molar refractivity (Wildman–Crippen MR) is 333 cm³/mol. The molecule has 3 rings (SSSR count). The van der Waals surface area contributed by atoms with Crippen molar-refractivity contribution in [3.05, 3.63) is 36.5 Å².